The maximum atomic E-state index is 12.3. The fourth-order valence-corrected chi connectivity index (χ4v) is 3.88. The molecule has 0 saturated carbocycles. The van der Waals surface area contributed by atoms with Crippen LogP contribution >= 0.6 is 11.3 Å². The average molecular weight is 356 g/mol. The molecule has 1 amide bonds. The second kappa shape index (κ2) is 6.93. The molecule has 1 aromatic carbocycles. The molecule has 2 aromatic heterocycles. The molecule has 3 heterocycles. The van der Waals surface area contributed by atoms with Crippen molar-refractivity contribution in [3.63, 3.8) is 0 Å². The minimum absolute atomic E-state index is 0.0580. The van der Waals surface area contributed by atoms with Crippen molar-refractivity contribution < 1.29 is 9.53 Å². The molecule has 1 N–H and O–H groups in total. The highest BCUT2D eigenvalue weighted by Crippen LogP contribution is 2.27. The van der Waals surface area contributed by atoms with E-state index in [0.717, 1.165) is 46.2 Å². The fraction of sp³-hybridized carbons (Fsp3) is 0.389. The van der Waals surface area contributed by atoms with Crippen molar-refractivity contribution in [3.05, 3.63) is 41.0 Å². The number of nitrogens with zero attached hydrogens (tertiary/aromatic N) is 3. The molecule has 0 aliphatic carbocycles. The number of benzene rings is 1. The van der Waals surface area contributed by atoms with E-state index in [0.29, 0.717) is 13.2 Å². The molecule has 1 saturated heterocycles. The third-order valence-electron chi connectivity index (χ3n) is 4.34. The van der Waals surface area contributed by atoms with Crippen molar-refractivity contribution in [1.82, 2.24) is 19.9 Å². The molecule has 1 aliphatic heterocycles. The van der Waals surface area contributed by atoms with Crippen LogP contribution < -0.4 is 5.32 Å². The summed E-state index contributed by atoms with van der Waals surface area (Å²) in [5.41, 5.74) is 2.80. The monoisotopic (exact) mass is 356 g/mol. The van der Waals surface area contributed by atoms with Crippen molar-refractivity contribution in [2.75, 3.05) is 6.61 Å². The Kier molecular flexibility index (Phi) is 4.50. The van der Waals surface area contributed by atoms with E-state index in [9.17, 15) is 4.79 Å². The van der Waals surface area contributed by atoms with Crippen LogP contribution in [-0.4, -0.2) is 33.2 Å². The van der Waals surface area contributed by atoms with Gasteiger partial charge in [-0.05, 0) is 19.3 Å². The number of carbonyl (C=O) groups is 1. The Hall–Kier alpha value is -2.25. The Labute approximate surface area is 149 Å². The van der Waals surface area contributed by atoms with Gasteiger partial charge >= 0.3 is 0 Å². The molecule has 0 bridgehead atoms. The van der Waals surface area contributed by atoms with Crippen LogP contribution in [0.4, 0.5) is 0 Å². The van der Waals surface area contributed by atoms with Gasteiger partial charge in [0.1, 0.15) is 11.1 Å². The fourth-order valence-electron chi connectivity index (χ4n) is 3.03. The Bertz CT molecular complexity index is 881. The lowest BCUT2D eigenvalue weighted by atomic mass is 10.1. The zero-order chi connectivity index (χ0) is 17.2. The van der Waals surface area contributed by atoms with Crippen LogP contribution in [0, 0.1) is 0 Å². The number of aromatic nitrogens is 3. The molecule has 0 unspecified atom stereocenters. The van der Waals surface area contributed by atoms with Gasteiger partial charge in [0.25, 0.3) is 0 Å². The Morgan fingerprint density at radius 1 is 1.40 bits per heavy atom. The van der Waals surface area contributed by atoms with Gasteiger partial charge in [0.2, 0.25) is 10.9 Å². The van der Waals surface area contributed by atoms with Crippen LogP contribution in [0.3, 0.4) is 0 Å². The Morgan fingerprint density at radius 2 is 2.24 bits per heavy atom. The molecule has 25 heavy (non-hydrogen) atoms. The van der Waals surface area contributed by atoms with Crippen LogP contribution in [0.1, 0.15) is 30.5 Å². The SMILES string of the molecule is CCc1nn2c(CNC(=O)[C@@H]3CCCO3)c(-c3ccccc3)nc2s1. The lowest BCUT2D eigenvalue weighted by molar-refractivity contribution is -0.130. The molecular weight excluding hydrogens is 336 g/mol. The van der Waals surface area contributed by atoms with Gasteiger partial charge < -0.3 is 10.1 Å². The number of fused-ring (bicyclic) bond motifs is 1. The van der Waals surface area contributed by atoms with Crippen LogP contribution in [0.5, 0.6) is 0 Å². The molecule has 0 spiro atoms. The first kappa shape index (κ1) is 16.2. The van der Waals surface area contributed by atoms with E-state index in [-0.39, 0.29) is 12.0 Å². The number of nitrogens with one attached hydrogen (secondary N) is 1. The van der Waals surface area contributed by atoms with Gasteiger partial charge in [-0.2, -0.15) is 5.10 Å². The quantitative estimate of drug-likeness (QED) is 0.763. The van der Waals surface area contributed by atoms with Gasteiger partial charge in [0.15, 0.2) is 0 Å². The van der Waals surface area contributed by atoms with E-state index in [4.69, 9.17) is 9.72 Å². The topological polar surface area (TPSA) is 68.5 Å². The van der Waals surface area contributed by atoms with Gasteiger partial charge in [-0.1, -0.05) is 48.6 Å². The van der Waals surface area contributed by atoms with Gasteiger partial charge in [-0.25, -0.2) is 9.50 Å². The smallest absolute Gasteiger partial charge is 0.249 e. The highest BCUT2D eigenvalue weighted by Gasteiger charge is 2.24. The first-order valence-electron chi connectivity index (χ1n) is 8.58. The van der Waals surface area contributed by atoms with Crippen LogP contribution in [0.2, 0.25) is 0 Å². The molecule has 130 valence electrons. The third kappa shape index (κ3) is 3.17. The number of carbonyl (C=O) groups excluding carboxylic acids is 1. The van der Waals surface area contributed by atoms with E-state index in [1.165, 1.54) is 0 Å². The lowest BCUT2D eigenvalue weighted by Gasteiger charge is -2.10. The number of amides is 1. The summed E-state index contributed by atoms with van der Waals surface area (Å²) in [7, 11) is 0. The predicted molar refractivity (Wildman–Crippen MR) is 96.5 cm³/mol. The zero-order valence-electron chi connectivity index (χ0n) is 14.1. The van der Waals surface area contributed by atoms with Gasteiger partial charge in [-0.3, -0.25) is 4.79 Å². The second-order valence-electron chi connectivity index (χ2n) is 6.04. The lowest BCUT2D eigenvalue weighted by Crippen LogP contribution is -2.34. The van der Waals surface area contributed by atoms with Crippen molar-refractivity contribution in [1.29, 1.82) is 0 Å². The standard InChI is InChI=1S/C18H20N4O2S/c1-2-15-21-22-13(11-19-17(23)14-9-6-10-24-14)16(20-18(22)25-15)12-7-4-3-5-8-12/h3-5,7-8,14H,2,6,9-11H2,1H3,(H,19,23)/t14-/m0/s1. The first-order valence-corrected chi connectivity index (χ1v) is 9.40. The Balaban J connectivity index is 1.66. The normalized spacial score (nSPS) is 17.2. The number of aryl methyl sites for hydroxylation is 1. The van der Waals surface area contributed by atoms with Crippen LogP contribution in [-0.2, 0) is 22.5 Å². The van der Waals surface area contributed by atoms with E-state index < -0.39 is 0 Å². The molecule has 4 rings (SSSR count). The summed E-state index contributed by atoms with van der Waals surface area (Å²) in [4.78, 5) is 17.9. The average Bonchev–Trinajstić information content (AvgIpc) is 3.36. The van der Waals surface area contributed by atoms with E-state index in [1.807, 2.05) is 34.8 Å². The van der Waals surface area contributed by atoms with E-state index in [2.05, 4.69) is 17.3 Å². The minimum Gasteiger partial charge on any atom is -0.368 e. The summed E-state index contributed by atoms with van der Waals surface area (Å²) in [6.07, 6.45) is 2.27. The highest BCUT2D eigenvalue weighted by atomic mass is 32.1. The summed E-state index contributed by atoms with van der Waals surface area (Å²) < 4.78 is 7.32. The van der Waals surface area contributed by atoms with Crippen molar-refractivity contribution >= 4 is 22.2 Å². The predicted octanol–water partition coefficient (Wildman–Crippen LogP) is 2.82. The summed E-state index contributed by atoms with van der Waals surface area (Å²) in [5.74, 6) is -0.0580. The molecule has 1 fully saturated rings. The number of ether oxygens (including phenoxy) is 1. The van der Waals surface area contributed by atoms with E-state index >= 15 is 0 Å². The molecule has 7 heteroatoms. The highest BCUT2D eigenvalue weighted by molar-refractivity contribution is 7.16. The molecule has 3 aromatic rings. The minimum atomic E-state index is -0.328. The summed E-state index contributed by atoms with van der Waals surface area (Å²) in [6.45, 7) is 3.13. The van der Waals surface area contributed by atoms with E-state index in [1.54, 1.807) is 11.3 Å². The number of hydrogen-bond donors (Lipinski definition) is 1. The van der Waals surface area contributed by atoms with Crippen molar-refractivity contribution in [3.8, 4) is 11.3 Å². The summed E-state index contributed by atoms with van der Waals surface area (Å²) >= 11 is 1.59. The van der Waals surface area contributed by atoms with Crippen molar-refractivity contribution in [2.24, 2.45) is 0 Å². The zero-order valence-corrected chi connectivity index (χ0v) is 14.9. The van der Waals surface area contributed by atoms with Gasteiger partial charge in [0, 0.05) is 12.2 Å². The van der Waals surface area contributed by atoms with Crippen LogP contribution in [0.15, 0.2) is 30.3 Å². The van der Waals surface area contributed by atoms with Crippen molar-refractivity contribution in [2.45, 2.75) is 38.8 Å². The maximum Gasteiger partial charge on any atom is 0.249 e. The Morgan fingerprint density at radius 3 is 2.96 bits per heavy atom. The number of rotatable bonds is 5. The second-order valence-corrected chi connectivity index (χ2v) is 7.08. The summed E-state index contributed by atoms with van der Waals surface area (Å²) in [5, 5.41) is 8.68. The maximum absolute atomic E-state index is 12.3. The van der Waals surface area contributed by atoms with Gasteiger partial charge in [-0.15, -0.1) is 0 Å². The molecular formula is C18H20N4O2S. The molecule has 0 radical (unpaired) electrons. The third-order valence-corrected chi connectivity index (χ3v) is 5.39. The molecule has 6 nitrogen and oxygen atoms in total. The first-order chi connectivity index (χ1) is 12.3. The largest absolute Gasteiger partial charge is 0.368 e. The van der Waals surface area contributed by atoms with Crippen LogP contribution in [0.25, 0.3) is 16.2 Å². The molecule has 1 aliphatic rings. The van der Waals surface area contributed by atoms with Gasteiger partial charge in [0.05, 0.1) is 17.9 Å². The molecule has 1 atom stereocenters. The summed E-state index contributed by atoms with van der Waals surface area (Å²) in [6, 6.07) is 10.0. The number of imidazole rings is 1. The number of hydrogen-bond acceptors (Lipinski definition) is 5.